The molecule has 0 amide bonds. The summed E-state index contributed by atoms with van der Waals surface area (Å²) in [4.78, 5) is 0.163. The van der Waals surface area contributed by atoms with Crippen LogP contribution in [0.2, 0.25) is 0 Å². The molecule has 0 fully saturated rings. The largest absolute Gasteiger partial charge is 0.486 e. The molecule has 0 bridgehead atoms. The zero-order valence-electron chi connectivity index (χ0n) is 11.2. The van der Waals surface area contributed by atoms with E-state index >= 15 is 0 Å². The first-order valence-electron chi connectivity index (χ1n) is 6.36. The predicted octanol–water partition coefficient (Wildman–Crippen LogP) is 2.44. The van der Waals surface area contributed by atoms with Crippen LogP contribution in [0.4, 0.5) is 0 Å². The van der Waals surface area contributed by atoms with Gasteiger partial charge in [-0.15, -0.1) is 0 Å². The molecule has 1 aliphatic rings. The molecule has 2 rings (SSSR count). The van der Waals surface area contributed by atoms with Gasteiger partial charge in [0.1, 0.15) is 11.9 Å². The van der Waals surface area contributed by atoms with E-state index in [0.29, 0.717) is 5.56 Å². The zero-order valence-corrected chi connectivity index (χ0v) is 12.0. The summed E-state index contributed by atoms with van der Waals surface area (Å²) in [6.07, 6.45) is 7.47. The average Bonchev–Trinajstić information content (AvgIpc) is 2.35. The van der Waals surface area contributed by atoms with E-state index in [2.05, 4.69) is 12.2 Å². The molecule has 1 atom stereocenters. The lowest BCUT2D eigenvalue weighted by Gasteiger charge is -2.21. The van der Waals surface area contributed by atoms with Crippen molar-refractivity contribution < 1.29 is 13.2 Å². The Balaban J connectivity index is 2.31. The number of sulfonamides is 1. The van der Waals surface area contributed by atoms with E-state index in [1.165, 1.54) is 6.07 Å². The molecule has 0 heterocycles. The molecule has 0 saturated heterocycles. The maximum atomic E-state index is 11.4. The summed E-state index contributed by atoms with van der Waals surface area (Å²) in [5.41, 5.74) is 1.48. The second-order valence-corrected chi connectivity index (χ2v) is 6.40. The van der Waals surface area contributed by atoms with Crippen LogP contribution in [0.25, 0.3) is 0 Å². The molecular formula is C14H19NO3S. The number of nitrogens with two attached hydrogens (primary N) is 1. The molecule has 1 unspecified atom stereocenters. The highest BCUT2D eigenvalue weighted by atomic mass is 32.2. The highest BCUT2D eigenvalue weighted by Gasteiger charge is 2.17. The maximum Gasteiger partial charge on any atom is 0.238 e. The van der Waals surface area contributed by atoms with Gasteiger partial charge in [0.15, 0.2) is 0 Å². The third-order valence-electron chi connectivity index (χ3n) is 3.48. The molecule has 19 heavy (non-hydrogen) atoms. The lowest BCUT2D eigenvalue weighted by Crippen LogP contribution is -2.18. The minimum atomic E-state index is -3.68. The van der Waals surface area contributed by atoms with Crippen molar-refractivity contribution in [3.8, 4) is 5.75 Å². The monoisotopic (exact) mass is 281 g/mol. The Morgan fingerprint density at radius 1 is 1.26 bits per heavy atom. The van der Waals surface area contributed by atoms with E-state index in [1.54, 1.807) is 13.0 Å². The van der Waals surface area contributed by atoms with Crippen LogP contribution in [-0.4, -0.2) is 14.5 Å². The highest BCUT2D eigenvalue weighted by Crippen LogP contribution is 2.28. The molecule has 0 aliphatic heterocycles. The molecule has 0 saturated carbocycles. The molecule has 104 valence electrons. The van der Waals surface area contributed by atoms with Gasteiger partial charge in [0.25, 0.3) is 0 Å². The first kappa shape index (κ1) is 14.1. The lowest BCUT2D eigenvalue weighted by molar-refractivity contribution is 0.228. The molecular weight excluding hydrogens is 262 g/mol. The normalized spacial score (nSPS) is 19.4. The van der Waals surface area contributed by atoms with E-state index in [1.807, 2.05) is 6.92 Å². The van der Waals surface area contributed by atoms with Crippen molar-refractivity contribution in [1.29, 1.82) is 0 Å². The second-order valence-electron chi connectivity index (χ2n) is 4.87. The van der Waals surface area contributed by atoms with E-state index in [0.717, 1.165) is 30.6 Å². The third kappa shape index (κ3) is 3.16. The van der Waals surface area contributed by atoms with Gasteiger partial charge < -0.3 is 4.74 Å². The molecule has 2 N–H and O–H groups in total. The van der Waals surface area contributed by atoms with Gasteiger partial charge in [-0.25, -0.2) is 13.6 Å². The first-order chi connectivity index (χ1) is 8.89. The topological polar surface area (TPSA) is 69.4 Å². The summed E-state index contributed by atoms with van der Waals surface area (Å²) in [6, 6.07) is 3.20. The van der Waals surface area contributed by atoms with Gasteiger partial charge in [-0.3, -0.25) is 0 Å². The summed E-state index contributed by atoms with van der Waals surface area (Å²) >= 11 is 0. The molecule has 1 aromatic rings. The average molecular weight is 281 g/mol. The Labute approximate surface area is 114 Å². The SMILES string of the molecule is Cc1c(OC2C=CCCC2)ccc(S(N)(=O)=O)c1C. The molecule has 1 aliphatic carbocycles. The summed E-state index contributed by atoms with van der Waals surface area (Å²) in [7, 11) is -3.68. The summed E-state index contributed by atoms with van der Waals surface area (Å²) < 4.78 is 28.8. The van der Waals surface area contributed by atoms with Crippen LogP contribution in [0, 0.1) is 13.8 Å². The molecule has 5 heteroatoms. The van der Waals surface area contributed by atoms with Crippen molar-refractivity contribution in [1.82, 2.24) is 0 Å². The maximum absolute atomic E-state index is 11.4. The predicted molar refractivity (Wildman–Crippen MR) is 74.7 cm³/mol. The fourth-order valence-electron chi connectivity index (χ4n) is 2.25. The van der Waals surface area contributed by atoms with Gasteiger partial charge in [-0.1, -0.05) is 6.08 Å². The van der Waals surface area contributed by atoms with Crippen molar-refractivity contribution in [3.05, 3.63) is 35.4 Å². The number of benzene rings is 1. The minimum absolute atomic E-state index is 0.0761. The van der Waals surface area contributed by atoms with Crippen molar-refractivity contribution in [2.75, 3.05) is 0 Å². The van der Waals surface area contributed by atoms with Gasteiger partial charge in [-0.2, -0.15) is 0 Å². The van der Waals surface area contributed by atoms with Crippen LogP contribution in [0.1, 0.15) is 30.4 Å². The van der Waals surface area contributed by atoms with Gasteiger partial charge >= 0.3 is 0 Å². The Morgan fingerprint density at radius 3 is 2.58 bits per heavy atom. The fraction of sp³-hybridized carbons (Fsp3) is 0.429. The molecule has 0 spiro atoms. The van der Waals surface area contributed by atoms with Gasteiger partial charge in [0, 0.05) is 0 Å². The number of hydrogen-bond acceptors (Lipinski definition) is 3. The van der Waals surface area contributed by atoms with E-state index < -0.39 is 10.0 Å². The number of ether oxygens (including phenoxy) is 1. The summed E-state index contributed by atoms with van der Waals surface area (Å²) in [6.45, 7) is 3.60. The highest BCUT2D eigenvalue weighted by molar-refractivity contribution is 7.89. The summed E-state index contributed by atoms with van der Waals surface area (Å²) in [5.74, 6) is 0.724. The molecule has 0 aromatic heterocycles. The first-order valence-corrected chi connectivity index (χ1v) is 7.90. The van der Waals surface area contributed by atoms with Gasteiger partial charge in [0.2, 0.25) is 10.0 Å². The number of hydrogen-bond donors (Lipinski definition) is 1. The van der Waals surface area contributed by atoms with Gasteiger partial charge in [0.05, 0.1) is 4.90 Å². The van der Waals surface area contributed by atoms with E-state index in [-0.39, 0.29) is 11.0 Å². The zero-order chi connectivity index (χ0) is 14.0. The standard InChI is InChI=1S/C14H19NO3S/c1-10-11(2)14(19(15,16)17)9-8-13(10)18-12-6-4-3-5-7-12/h4,6,8-9,12H,3,5,7H2,1-2H3,(H2,15,16,17). The summed E-state index contributed by atoms with van der Waals surface area (Å²) in [5, 5.41) is 5.18. The number of allylic oxidation sites excluding steroid dienone is 1. The van der Waals surface area contributed by atoms with Crippen LogP contribution < -0.4 is 9.88 Å². The fourth-order valence-corrected chi connectivity index (χ4v) is 3.09. The Bertz CT molecular complexity index is 605. The van der Waals surface area contributed by atoms with Crippen molar-refractivity contribution in [2.24, 2.45) is 5.14 Å². The number of rotatable bonds is 3. The minimum Gasteiger partial charge on any atom is -0.486 e. The van der Waals surface area contributed by atoms with Gasteiger partial charge in [-0.05, 0) is 62.4 Å². The Morgan fingerprint density at radius 2 is 2.00 bits per heavy atom. The van der Waals surface area contributed by atoms with E-state index in [9.17, 15) is 8.42 Å². The van der Waals surface area contributed by atoms with Crippen molar-refractivity contribution >= 4 is 10.0 Å². The lowest BCUT2D eigenvalue weighted by atomic mass is 10.0. The Hall–Kier alpha value is -1.33. The molecule has 1 aromatic carbocycles. The quantitative estimate of drug-likeness (QED) is 0.865. The number of primary sulfonamides is 1. The van der Waals surface area contributed by atoms with Crippen LogP contribution in [0.3, 0.4) is 0 Å². The third-order valence-corrected chi connectivity index (χ3v) is 4.54. The Kier molecular flexibility index (Phi) is 3.96. The molecule has 4 nitrogen and oxygen atoms in total. The van der Waals surface area contributed by atoms with E-state index in [4.69, 9.17) is 9.88 Å². The van der Waals surface area contributed by atoms with Crippen LogP contribution >= 0.6 is 0 Å². The molecule has 0 radical (unpaired) electrons. The second kappa shape index (κ2) is 5.35. The van der Waals surface area contributed by atoms with Crippen molar-refractivity contribution in [3.63, 3.8) is 0 Å². The van der Waals surface area contributed by atoms with Crippen molar-refractivity contribution in [2.45, 2.75) is 44.1 Å². The van der Waals surface area contributed by atoms with Crippen LogP contribution in [0.15, 0.2) is 29.2 Å². The smallest absolute Gasteiger partial charge is 0.238 e. The van der Waals surface area contributed by atoms with Crippen LogP contribution in [0.5, 0.6) is 5.75 Å². The van der Waals surface area contributed by atoms with Crippen LogP contribution in [-0.2, 0) is 10.0 Å².